The van der Waals surface area contributed by atoms with E-state index in [-0.39, 0.29) is 28.3 Å². The van der Waals surface area contributed by atoms with Crippen molar-refractivity contribution in [2.75, 3.05) is 13.2 Å². The van der Waals surface area contributed by atoms with E-state index in [9.17, 15) is 24.5 Å². The second-order valence-corrected chi connectivity index (χ2v) is 6.74. The number of para-hydroxylation sites is 2. The van der Waals surface area contributed by atoms with Crippen molar-refractivity contribution in [1.82, 2.24) is 5.32 Å². The molecule has 0 atom stereocenters. The molecule has 166 valence electrons. The summed E-state index contributed by atoms with van der Waals surface area (Å²) in [6.45, 7) is 1.87. The van der Waals surface area contributed by atoms with Gasteiger partial charge in [-0.15, -0.1) is 0 Å². The van der Waals surface area contributed by atoms with Crippen molar-refractivity contribution >= 4 is 28.5 Å². The summed E-state index contributed by atoms with van der Waals surface area (Å²) >= 11 is 0. The molecule has 0 unspecified atom stereocenters. The third-order valence-corrected chi connectivity index (χ3v) is 4.41. The van der Waals surface area contributed by atoms with Gasteiger partial charge in [0.2, 0.25) is 0 Å². The minimum Gasteiger partial charge on any atom is -0.475 e. The minimum absolute atomic E-state index is 0.0660. The number of carbonyl (C=O) groups is 2. The highest BCUT2D eigenvalue weighted by Crippen LogP contribution is 2.26. The van der Waals surface area contributed by atoms with E-state index in [1.54, 1.807) is 0 Å². The average Bonchev–Trinajstić information content (AvgIpc) is 2.77. The van der Waals surface area contributed by atoms with E-state index in [1.165, 1.54) is 48.5 Å². The Kier molecular flexibility index (Phi) is 7.17. The van der Waals surface area contributed by atoms with Gasteiger partial charge in [-0.1, -0.05) is 25.5 Å². The van der Waals surface area contributed by atoms with E-state index in [4.69, 9.17) is 13.9 Å². The fraction of sp³-hybridized carbons (Fsp3) is 0.227. The van der Waals surface area contributed by atoms with Crippen LogP contribution in [-0.2, 0) is 4.79 Å². The van der Waals surface area contributed by atoms with Crippen LogP contribution < -0.4 is 20.4 Å². The van der Waals surface area contributed by atoms with Gasteiger partial charge in [-0.05, 0) is 30.7 Å². The van der Waals surface area contributed by atoms with Crippen LogP contribution in [0, 0.1) is 10.1 Å². The maximum Gasteiger partial charge on any atom is 0.349 e. The molecule has 0 aliphatic carbocycles. The van der Waals surface area contributed by atoms with Crippen LogP contribution in [0.1, 0.15) is 30.1 Å². The second kappa shape index (κ2) is 10.2. The summed E-state index contributed by atoms with van der Waals surface area (Å²) in [5.41, 5.74) is -1.07. The van der Waals surface area contributed by atoms with Crippen LogP contribution in [0.15, 0.2) is 57.7 Å². The fourth-order valence-corrected chi connectivity index (χ4v) is 2.81. The number of amides is 1. The van der Waals surface area contributed by atoms with Gasteiger partial charge in [0.1, 0.15) is 16.9 Å². The molecular weight excluding hydrogens is 420 g/mol. The minimum atomic E-state index is -0.810. The second-order valence-electron chi connectivity index (χ2n) is 6.74. The summed E-state index contributed by atoms with van der Waals surface area (Å²) in [4.78, 5) is 46.8. The number of nitrogens with one attached hydrogen (secondary N) is 1. The highest BCUT2D eigenvalue weighted by molar-refractivity contribution is 5.96. The first-order chi connectivity index (χ1) is 15.4. The zero-order chi connectivity index (χ0) is 23.1. The van der Waals surface area contributed by atoms with Gasteiger partial charge >= 0.3 is 17.3 Å². The smallest absolute Gasteiger partial charge is 0.349 e. The third-order valence-electron chi connectivity index (χ3n) is 4.41. The lowest BCUT2D eigenvalue weighted by Crippen LogP contribution is -2.28. The van der Waals surface area contributed by atoms with Crippen LogP contribution in [0.3, 0.4) is 0 Å². The average molecular weight is 440 g/mol. The Morgan fingerprint density at radius 1 is 1.16 bits per heavy atom. The molecular formula is C22H20N2O8. The Bertz CT molecular complexity index is 1220. The van der Waals surface area contributed by atoms with Crippen LogP contribution in [0.2, 0.25) is 0 Å². The predicted molar refractivity (Wildman–Crippen MR) is 114 cm³/mol. The van der Waals surface area contributed by atoms with Crippen molar-refractivity contribution in [2.24, 2.45) is 0 Å². The van der Waals surface area contributed by atoms with E-state index in [0.29, 0.717) is 11.9 Å². The number of nitro groups is 1. The molecule has 1 aromatic heterocycles. The highest BCUT2D eigenvalue weighted by atomic mass is 16.6. The topological polar surface area (TPSA) is 138 Å². The van der Waals surface area contributed by atoms with Crippen molar-refractivity contribution in [3.8, 4) is 11.5 Å². The van der Waals surface area contributed by atoms with Gasteiger partial charge in [-0.25, -0.2) is 9.59 Å². The molecule has 0 saturated carbocycles. The normalized spacial score (nSPS) is 10.5. The van der Waals surface area contributed by atoms with Gasteiger partial charge in [-0.3, -0.25) is 14.9 Å². The first-order valence-electron chi connectivity index (χ1n) is 9.82. The molecule has 0 radical (unpaired) electrons. The molecule has 32 heavy (non-hydrogen) atoms. The number of hydrogen-bond acceptors (Lipinski definition) is 8. The quantitative estimate of drug-likeness (QED) is 0.134. The van der Waals surface area contributed by atoms with Crippen molar-refractivity contribution in [3.05, 3.63) is 74.6 Å². The zero-order valence-electron chi connectivity index (χ0n) is 17.2. The van der Waals surface area contributed by atoms with Crippen molar-refractivity contribution in [1.29, 1.82) is 0 Å². The molecule has 10 nitrogen and oxygen atoms in total. The van der Waals surface area contributed by atoms with Crippen molar-refractivity contribution in [3.63, 3.8) is 0 Å². The summed E-state index contributed by atoms with van der Waals surface area (Å²) in [6, 6.07) is 11.4. The SMILES string of the molecule is CCCCNC(=O)c1cc2ccc(OC(=O)COc3ccccc3[N+](=O)[O-])cc2oc1=O. The van der Waals surface area contributed by atoms with Gasteiger partial charge in [0.05, 0.1) is 4.92 Å². The third kappa shape index (κ3) is 5.48. The summed E-state index contributed by atoms with van der Waals surface area (Å²) in [7, 11) is 0. The van der Waals surface area contributed by atoms with Crippen LogP contribution in [0.4, 0.5) is 5.69 Å². The summed E-state index contributed by atoms with van der Waals surface area (Å²) in [6.07, 6.45) is 1.70. The first-order valence-corrected chi connectivity index (χ1v) is 9.82. The first kappa shape index (κ1) is 22.5. The number of benzene rings is 2. The molecule has 0 saturated heterocycles. The van der Waals surface area contributed by atoms with E-state index < -0.39 is 29.0 Å². The zero-order valence-corrected chi connectivity index (χ0v) is 17.2. The van der Waals surface area contributed by atoms with Gasteiger partial charge in [0, 0.05) is 24.1 Å². The molecule has 0 spiro atoms. The molecule has 1 amide bonds. The van der Waals surface area contributed by atoms with E-state index >= 15 is 0 Å². The Morgan fingerprint density at radius 2 is 1.94 bits per heavy atom. The molecule has 2 aromatic carbocycles. The number of rotatable bonds is 9. The van der Waals surface area contributed by atoms with E-state index in [2.05, 4.69) is 5.32 Å². The maximum atomic E-state index is 12.2. The molecule has 0 aliphatic rings. The lowest BCUT2D eigenvalue weighted by molar-refractivity contribution is -0.385. The summed E-state index contributed by atoms with van der Waals surface area (Å²) in [5.74, 6) is -1.31. The maximum absolute atomic E-state index is 12.2. The monoisotopic (exact) mass is 440 g/mol. The molecule has 3 rings (SSSR count). The molecule has 0 bridgehead atoms. The van der Waals surface area contributed by atoms with E-state index in [0.717, 1.165) is 12.8 Å². The van der Waals surface area contributed by atoms with Crippen molar-refractivity contribution < 1.29 is 28.4 Å². The lowest BCUT2D eigenvalue weighted by atomic mass is 10.1. The Labute approximate surface area is 181 Å². The highest BCUT2D eigenvalue weighted by Gasteiger charge is 2.17. The molecule has 1 N–H and O–H groups in total. The fourth-order valence-electron chi connectivity index (χ4n) is 2.81. The van der Waals surface area contributed by atoms with Crippen LogP contribution in [0.25, 0.3) is 11.0 Å². The number of fused-ring (bicyclic) bond motifs is 1. The molecule has 10 heteroatoms. The number of unbranched alkanes of at least 4 members (excludes halogenated alkanes) is 1. The van der Waals surface area contributed by atoms with Crippen molar-refractivity contribution in [2.45, 2.75) is 19.8 Å². The van der Waals surface area contributed by atoms with Crippen LogP contribution in [0.5, 0.6) is 11.5 Å². The summed E-state index contributed by atoms with van der Waals surface area (Å²) in [5, 5.41) is 14.1. The van der Waals surface area contributed by atoms with Crippen LogP contribution in [-0.4, -0.2) is 30.0 Å². The number of carbonyl (C=O) groups excluding carboxylic acids is 2. The van der Waals surface area contributed by atoms with Gasteiger partial charge in [0.15, 0.2) is 12.4 Å². The number of esters is 1. The molecule has 0 aliphatic heterocycles. The Hall–Kier alpha value is -4.21. The number of ether oxygens (including phenoxy) is 2. The molecule has 0 fully saturated rings. The number of nitro benzene ring substituents is 1. The summed E-state index contributed by atoms with van der Waals surface area (Å²) < 4.78 is 15.5. The Balaban J connectivity index is 1.69. The largest absolute Gasteiger partial charge is 0.475 e. The lowest BCUT2D eigenvalue weighted by Gasteiger charge is -2.08. The van der Waals surface area contributed by atoms with E-state index in [1.807, 2.05) is 6.92 Å². The Morgan fingerprint density at radius 3 is 2.69 bits per heavy atom. The van der Waals surface area contributed by atoms with Gasteiger partial charge in [-0.2, -0.15) is 0 Å². The molecule has 1 heterocycles. The molecule has 3 aromatic rings. The standard InChI is InChI=1S/C22H20N2O8/c1-2-3-10-23-21(26)16-11-14-8-9-15(12-19(14)32-22(16)27)31-20(25)13-30-18-7-5-4-6-17(18)24(28)29/h4-9,11-12H,2-3,10,13H2,1H3,(H,23,26). The number of nitrogens with zero attached hydrogens (tertiary/aromatic N) is 1. The van der Waals surface area contributed by atoms with Gasteiger partial charge in [0.25, 0.3) is 5.91 Å². The van der Waals surface area contributed by atoms with Crippen LogP contribution >= 0.6 is 0 Å². The predicted octanol–water partition coefficient (Wildman–Crippen LogP) is 3.22. The van der Waals surface area contributed by atoms with Gasteiger partial charge < -0.3 is 19.2 Å². The number of hydrogen-bond donors (Lipinski definition) is 1.